The number of anilines is 1. The summed E-state index contributed by atoms with van der Waals surface area (Å²) in [5.74, 6) is 1.18. The Morgan fingerprint density at radius 2 is 1.47 bits per heavy atom. The van der Waals surface area contributed by atoms with Gasteiger partial charge in [0.05, 0.1) is 5.92 Å². The van der Waals surface area contributed by atoms with E-state index in [4.69, 9.17) is 16.3 Å². The zero-order chi connectivity index (χ0) is 21.9. The van der Waals surface area contributed by atoms with Crippen LogP contribution in [0.15, 0.2) is 72.8 Å². The van der Waals surface area contributed by atoms with Gasteiger partial charge in [0, 0.05) is 61.1 Å². The molecule has 0 aromatic heterocycles. The Morgan fingerprint density at radius 3 is 2.09 bits per heavy atom. The smallest absolute Gasteiger partial charge is 0.232 e. The van der Waals surface area contributed by atoms with E-state index in [9.17, 15) is 4.79 Å². The highest BCUT2D eigenvalue weighted by molar-refractivity contribution is 6.30. The fraction of sp³-hybridized carbons (Fsp3) is 0.269. The monoisotopic (exact) mass is 447 g/mol. The molecule has 0 radical (unpaired) electrons. The van der Waals surface area contributed by atoms with Crippen molar-refractivity contribution in [2.24, 2.45) is 0 Å². The predicted octanol–water partition coefficient (Wildman–Crippen LogP) is 4.52. The Kier molecular flexibility index (Phi) is 6.02. The van der Waals surface area contributed by atoms with Crippen LogP contribution in [-0.2, 0) is 4.79 Å². The molecule has 0 unspecified atom stereocenters. The van der Waals surface area contributed by atoms with Gasteiger partial charge in [-0.1, -0.05) is 48.0 Å². The van der Waals surface area contributed by atoms with Gasteiger partial charge in [-0.15, -0.1) is 0 Å². The second kappa shape index (κ2) is 9.23. The molecule has 1 amide bonds. The summed E-state index contributed by atoms with van der Waals surface area (Å²) >= 11 is 6.00. The number of nitrogens with one attached hydrogen (secondary N) is 1. The number of rotatable bonds is 5. The Hall–Kier alpha value is -3.02. The maximum atomic E-state index is 13.2. The summed E-state index contributed by atoms with van der Waals surface area (Å²) in [6.07, 6.45) is 0. The molecular formula is C26H26ClN3O2. The normalized spacial score (nSPS) is 16.1. The lowest BCUT2D eigenvalue weighted by Crippen LogP contribution is -2.48. The van der Waals surface area contributed by atoms with E-state index >= 15 is 0 Å². The highest BCUT2D eigenvalue weighted by Gasteiger charge is 2.32. The minimum atomic E-state index is -0.349. The molecule has 3 aromatic rings. The van der Waals surface area contributed by atoms with Gasteiger partial charge in [0.15, 0.2) is 0 Å². The van der Waals surface area contributed by atoms with Gasteiger partial charge in [0.2, 0.25) is 5.91 Å². The third-order valence-electron chi connectivity index (χ3n) is 6.23. The van der Waals surface area contributed by atoms with Gasteiger partial charge in [-0.25, -0.2) is 0 Å². The minimum Gasteiger partial charge on any atom is -0.457 e. The number of hydrogen-bond donors (Lipinski definition) is 1. The van der Waals surface area contributed by atoms with Crippen LogP contribution in [0.2, 0.25) is 5.02 Å². The van der Waals surface area contributed by atoms with Crippen LogP contribution in [0.3, 0.4) is 0 Å². The molecular weight excluding hydrogens is 422 g/mol. The molecule has 2 heterocycles. The molecule has 0 spiro atoms. The molecule has 0 aliphatic carbocycles. The number of piperazine rings is 1. The SMILES string of the molecule is O=C(NCCN1CCN(c2ccc(Cl)cc2)CC1)C1c2ccccc2Oc2ccccc21. The highest BCUT2D eigenvalue weighted by Crippen LogP contribution is 2.43. The van der Waals surface area contributed by atoms with Gasteiger partial charge in [-0.2, -0.15) is 0 Å². The second-order valence-electron chi connectivity index (χ2n) is 8.21. The van der Waals surface area contributed by atoms with Crippen LogP contribution in [0, 0.1) is 0 Å². The zero-order valence-corrected chi connectivity index (χ0v) is 18.6. The number of benzene rings is 3. The fourth-order valence-corrected chi connectivity index (χ4v) is 4.64. The average molecular weight is 448 g/mol. The summed E-state index contributed by atoms with van der Waals surface area (Å²) in [6.45, 7) is 5.35. The van der Waals surface area contributed by atoms with Gasteiger partial charge in [0.1, 0.15) is 11.5 Å². The molecule has 0 saturated carbocycles. The van der Waals surface area contributed by atoms with Gasteiger partial charge in [-0.05, 0) is 36.4 Å². The minimum absolute atomic E-state index is 0.0213. The van der Waals surface area contributed by atoms with Crippen LogP contribution in [0.4, 0.5) is 5.69 Å². The summed E-state index contributed by atoms with van der Waals surface area (Å²) in [5, 5.41) is 3.93. The zero-order valence-electron chi connectivity index (χ0n) is 17.8. The maximum Gasteiger partial charge on any atom is 0.232 e. The lowest BCUT2D eigenvalue weighted by molar-refractivity contribution is -0.121. The highest BCUT2D eigenvalue weighted by atomic mass is 35.5. The first kappa shape index (κ1) is 20.9. The van der Waals surface area contributed by atoms with Crippen molar-refractivity contribution in [3.8, 4) is 11.5 Å². The van der Waals surface area contributed by atoms with Gasteiger partial charge in [-0.3, -0.25) is 9.69 Å². The molecule has 1 N–H and O–H groups in total. The van der Waals surface area contributed by atoms with Crippen LogP contribution in [0.1, 0.15) is 17.0 Å². The summed E-state index contributed by atoms with van der Waals surface area (Å²) in [7, 11) is 0. The summed E-state index contributed by atoms with van der Waals surface area (Å²) in [6, 6.07) is 23.6. The first-order chi connectivity index (χ1) is 15.7. The molecule has 5 rings (SSSR count). The standard InChI is InChI=1S/C26H26ClN3O2/c27-19-9-11-20(12-10-19)30-17-15-29(16-18-30)14-13-28-26(31)25-21-5-1-3-7-23(21)32-24-8-4-2-6-22(24)25/h1-12,25H,13-18H2,(H,28,31). The van der Waals surface area contributed by atoms with Gasteiger partial charge in [0.25, 0.3) is 0 Å². The molecule has 5 nitrogen and oxygen atoms in total. The molecule has 1 saturated heterocycles. The van der Waals surface area contributed by atoms with Crippen molar-refractivity contribution in [3.05, 3.63) is 88.9 Å². The number of fused-ring (bicyclic) bond motifs is 2. The fourth-order valence-electron chi connectivity index (χ4n) is 4.51. The quantitative estimate of drug-likeness (QED) is 0.624. The third kappa shape index (κ3) is 4.31. The third-order valence-corrected chi connectivity index (χ3v) is 6.49. The van der Waals surface area contributed by atoms with Crippen molar-refractivity contribution in [2.45, 2.75) is 5.92 Å². The lowest BCUT2D eigenvalue weighted by Gasteiger charge is -2.36. The second-order valence-corrected chi connectivity index (χ2v) is 8.64. The molecule has 32 heavy (non-hydrogen) atoms. The van der Waals surface area contributed by atoms with Crippen molar-refractivity contribution in [1.29, 1.82) is 0 Å². The number of amides is 1. The molecule has 0 bridgehead atoms. The Balaban J connectivity index is 1.17. The van der Waals surface area contributed by atoms with E-state index in [2.05, 4.69) is 27.2 Å². The lowest BCUT2D eigenvalue weighted by atomic mass is 9.87. The number of para-hydroxylation sites is 2. The molecule has 2 aliphatic rings. The number of ether oxygens (including phenoxy) is 1. The molecule has 2 aliphatic heterocycles. The Bertz CT molecular complexity index is 1050. The van der Waals surface area contributed by atoms with Crippen molar-refractivity contribution in [3.63, 3.8) is 0 Å². The molecule has 6 heteroatoms. The van der Waals surface area contributed by atoms with E-state index in [1.54, 1.807) is 0 Å². The average Bonchev–Trinajstić information content (AvgIpc) is 2.83. The van der Waals surface area contributed by atoms with Crippen LogP contribution < -0.4 is 15.0 Å². The summed E-state index contributed by atoms with van der Waals surface area (Å²) < 4.78 is 6.01. The van der Waals surface area contributed by atoms with E-state index in [0.29, 0.717) is 6.54 Å². The topological polar surface area (TPSA) is 44.8 Å². The van der Waals surface area contributed by atoms with Gasteiger partial charge >= 0.3 is 0 Å². The van der Waals surface area contributed by atoms with Crippen molar-refractivity contribution >= 4 is 23.2 Å². The van der Waals surface area contributed by atoms with Crippen molar-refractivity contribution in [2.75, 3.05) is 44.2 Å². The molecule has 3 aromatic carbocycles. The van der Waals surface area contributed by atoms with Gasteiger partial charge < -0.3 is 15.0 Å². The Morgan fingerprint density at radius 1 is 0.875 bits per heavy atom. The molecule has 0 atom stereocenters. The van der Waals surface area contributed by atoms with Crippen molar-refractivity contribution < 1.29 is 9.53 Å². The number of halogens is 1. The van der Waals surface area contributed by atoms with Crippen molar-refractivity contribution in [1.82, 2.24) is 10.2 Å². The van der Waals surface area contributed by atoms with Crippen LogP contribution in [-0.4, -0.2) is 50.1 Å². The predicted molar refractivity (Wildman–Crippen MR) is 128 cm³/mol. The summed E-state index contributed by atoms with van der Waals surface area (Å²) in [4.78, 5) is 18.0. The molecule has 164 valence electrons. The van der Waals surface area contributed by atoms with E-state index in [0.717, 1.165) is 60.4 Å². The first-order valence-corrected chi connectivity index (χ1v) is 11.4. The number of hydrogen-bond acceptors (Lipinski definition) is 4. The van der Waals surface area contributed by atoms with E-state index in [-0.39, 0.29) is 11.8 Å². The maximum absolute atomic E-state index is 13.2. The van der Waals surface area contributed by atoms with Crippen LogP contribution in [0.5, 0.6) is 11.5 Å². The Labute approximate surface area is 193 Å². The summed E-state index contributed by atoms with van der Waals surface area (Å²) in [5.41, 5.74) is 3.04. The molecule has 1 fully saturated rings. The number of nitrogens with zero attached hydrogens (tertiary/aromatic N) is 2. The van der Waals surface area contributed by atoms with E-state index < -0.39 is 0 Å². The van der Waals surface area contributed by atoms with E-state index in [1.807, 2.05) is 60.7 Å². The van der Waals surface area contributed by atoms with Crippen LogP contribution >= 0.6 is 11.6 Å². The largest absolute Gasteiger partial charge is 0.457 e. The first-order valence-electron chi connectivity index (χ1n) is 11.1. The number of carbonyl (C=O) groups is 1. The van der Waals surface area contributed by atoms with Crippen LogP contribution in [0.25, 0.3) is 0 Å². The van der Waals surface area contributed by atoms with E-state index in [1.165, 1.54) is 5.69 Å². The number of carbonyl (C=O) groups excluding carboxylic acids is 1.